The molecule has 4 nitrogen and oxygen atoms in total. The van der Waals surface area contributed by atoms with Crippen molar-refractivity contribution in [1.29, 1.82) is 0 Å². The predicted octanol–water partition coefficient (Wildman–Crippen LogP) is 3.08. The van der Waals surface area contributed by atoms with Crippen molar-refractivity contribution in [3.63, 3.8) is 0 Å². The molecule has 0 radical (unpaired) electrons. The molecule has 0 aromatic heterocycles. The molecule has 1 N–H and O–H groups in total. The van der Waals surface area contributed by atoms with Gasteiger partial charge in [-0.25, -0.2) is 13.2 Å². The van der Waals surface area contributed by atoms with Gasteiger partial charge in [-0.2, -0.15) is 0 Å². The van der Waals surface area contributed by atoms with Crippen molar-refractivity contribution in [3.8, 4) is 0 Å². The fraction of sp³-hybridized carbons (Fsp3) is 0.467. The molecule has 0 saturated carbocycles. The number of nitrogens with one attached hydrogen (secondary N) is 1. The maximum absolute atomic E-state index is 13.5. The highest BCUT2D eigenvalue weighted by Gasteiger charge is 2.17. The van der Waals surface area contributed by atoms with E-state index in [-0.39, 0.29) is 12.5 Å². The summed E-state index contributed by atoms with van der Waals surface area (Å²) in [5.41, 5.74) is -0.457. The van der Waals surface area contributed by atoms with Crippen LogP contribution in [0.3, 0.4) is 0 Å². The molecule has 7 heteroatoms. The third-order valence-electron chi connectivity index (χ3n) is 3.12. The topological polar surface area (TPSA) is 49.4 Å². The number of amides is 2. The molecule has 0 aliphatic rings. The van der Waals surface area contributed by atoms with Crippen LogP contribution in [0.25, 0.3) is 0 Å². The van der Waals surface area contributed by atoms with E-state index < -0.39 is 29.0 Å². The van der Waals surface area contributed by atoms with E-state index in [4.69, 9.17) is 0 Å². The number of halogens is 3. The van der Waals surface area contributed by atoms with Crippen molar-refractivity contribution < 1.29 is 22.8 Å². The first-order valence-electron chi connectivity index (χ1n) is 7.05. The Hall–Kier alpha value is -2.05. The van der Waals surface area contributed by atoms with E-state index in [1.165, 1.54) is 11.8 Å². The van der Waals surface area contributed by atoms with Crippen LogP contribution in [0.5, 0.6) is 0 Å². The van der Waals surface area contributed by atoms with Crippen molar-refractivity contribution in [2.24, 2.45) is 0 Å². The summed E-state index contributed by atoms with van der Waals surface area (Å²) in [5.74, 6) is -5.40. The molecule has 0 fully saturated rings. The van der Waals surface area contributed by atoms with Gasteiger partial charge < -0.3 is 10.2 Å². The molecule has 0 atom stereocenters. The van der Waals surface area contributed by atoms with Gasteiger partial charge in [0.05, 0.1) is 12.2 Å². The van der Waals surface area contributed by atoms with Crippen LogP contribution in [-0.2, 0) is 9.59 Å². The van der Waals surface area contributed by atoms with E-state index in [1.807, 2.05) is 6.92 Å². The molecule has 0 aliphatic heterocycles. The van der Waals surface area contributed by atoms with Gasteiger partial charge in [-0.3, -0.25) is 9.59 Å². The SMILES string of the molecule is CCCCCN(CC(=O)Nc1ccc(F)c(F)c1F)C(C)=O. The molecular weight excluding hydrogens is 297 g/mol. The Morgan fingerprint density at radius 3 is 2.41 bits per heavy atom. The Morgan fingerprint density at radius 2 is 1.82 bits per heavy atom. The molecule has 0 aliphatic carbocycles. The zero-order valence-corrected chi connectivity index (χ0v) is 12.6. The molecule has 0 saturated heterocycles. The van der Waals surface area contributed by atoms with E-state index in [1.54, 1.807) is 0 Å². The Kier molecular flexibility index (Phi) is 6.88. The molecule has 1 rings (SSSR count). The summed E-state index contributed by atoms with van der Waals surface area (Å²) in [5, 5.41) is 2.14. The van der Waals surface area contributed by atoms with Crippen LogP contribution in [-0.4, -0.2) is 29.8 Å². The van der Waals surface area contributed by atoms with Crippen molar-refractivity contribution in [1.82, 2.24) is 4.90 Å². The first kappa shape index (κ1) is 18.0. The molecule has 0 unspecified atom stereocenters. The lowest BCUT2D eigenvalue weighted by Gasteiger charge is -2.20. The number of nitrogens with zero attached hydrogens (tertiary/aromatic N) is 1. The molecular formula is C15H19F3N2O2. The molecule has 2 amide bonds. The third-order valence-corrected chi connectivity index (χ3v) is 3.12. The maximum atomic E-state index is 13.5. The molecule has 122 valence electrons. The predicted molar refractivity (Wildman–Crippen MR) is 76.7 cm³/mol. The van der Waals surface area contributed by atoms with Crippen molar-refractivity contribution >= 4 is 17.5 Å². The lowest BCUT2D eigenvalue weighted by Crippen LogP contribution is -2.37. The van der Waals surface area contributed by atoms with Crippen molar-refractivity contribution in [2.75, 3.05) is 18.4 Å². The minimum atomic E-state index is -1.65. The fourth-order valence-electron chi connectivity index (χ4n) is 1.89. The van der Waals surface area contributed by atoms with Gasteiger partial charge >= 0.3 is 0 Å². The quantitative estimate of drug-likeness (QED) is 0.621. The summed E-state index contributed by atoms with van der Waals surface area (Å²) in [4.78, 5) is 24.6. The number of hydrogen-bond acceptors (Lipinski definition) is 2. The third kappa shape index (κ3) is 5.05. The highest BCUT2D eigenvalue weighted by molar-refractivity contribution is 5.94. The Bertz CT molecular complexity index is 550. The second kappa shape index (κ2) is 8.41. The smallest absolute Gasteiger partial charge is 0.244 e. The van der Waals surface area contributed by atoms with Gasteiger partial charge in [0.25, 0.3) is 0 Å². The number of rotatable bonds is 7. The van der Waals surface area contributed by atoms with E-state index in [2.05, 4.69) is 5.32 Å². The minimum absolute atomic E-state index is 0.266. The molecule has 0 bridgehead atoms. The molecule has 0 heterocycles. The first-order valence-corrected chi connectivity index (χ1v) is 7.05. The summed E-state index contributed by atoms with van der Waals surface area (Å²) in [7, 11) is 0. The lowest BCUT2D eigenvalue weighted by molar-refractivity contribution is -0.132. The fourth-order valence-corrected chi connectivity index (χ4v) is 1.89. The number of hydrogen-bond donors (Lipinski definition) is 1. The zero-order chi connectivity index (χ0) is 16.7. The van der Waals surface area contributed by atoms with Gasteiger partial charge in [0.1, 0.15) is 0 Å². The van der Waals surface area contributed by atoms with Crippen LogP contribution in [0, 0.1) is 17.5 Å². The maximum Gasteiger partial charge on any atom is 0.244 e. The summed E-state index contributed by atoms with van der Waals surface area (Å²) in [6.45, 7) is 3.49. The Morgan fingerprint density at radius 1 is 1.14 bits per heavy atom. The lowest BCUT2D eigenvalue weighted by atomic mass is 10.2. The van der Waals surface area contributed by atoms with Gasteiger partial charge in [-0.05, 0) is 18.6 Å². The molecule has 0 spiro atoms. The van der Waals surface area contributed by atoms with Crippen LogP contribution < -0.4 is 5.32 Å². The van der Waals surface area contributed by atoms with Gasteiger partial charge in [0.15, 0.2) is 17.5 Å². The second-order valence-electron chi connectivity index (χ2n) is 4.92. The summed E-state index contributed by atoms with van der Waals surface area (Å²) < 4.78 is 39.3. The van der Waals surface area contributed by atoms with E-state index in [0.29, 0.717) is 6.54 Å². The standard InChI is InChI=1S/C15H19F3N2O2/c1-3-4-5-8-20(10(2)21)9-13(22)19-12-7-6-11(16)14(17)15(12)18/h6-7H,3-5,8-9H2,1-2H3,(H,19,22). The van der Waals surface area contributed by atoms with Crippen molar-refractivity contribution in [3.05, 3.63) is 29.6 Å². The number of anilines is 1. The summed E-state index contributed by atoms with van der Waals surface area (Å²) in [6.07, 6.45) is 2.64. The zero-order valence-electron chi connectivity index (χ0n) is 12.6. The number of carbonyl (C=O) groups is 2. The van der Waals surface area contributed by atoms with Gasteiger partial charge in [-0.1, -0.05) is 19.8 Å². The van der Waals surface area contributed by atoms with Crippen molar-refractivity contribution in [2.45, 2.75) is 33.1 Å². The monoisotopic (exact) mass is 316 g/mol. The van der Waals surface area contributed by atoms with Gasteiger partial charge in [-0.15, -0.1) is 0 Å². The minimum Gasteiger partial charge on any atom is -0.334 e. The van der Waals surface area contributed by atoms with Crippen LogP contribution in [0.1, 0.15) is 33.1 Å². The average molecular weight is 316 g/mol. The number of carbonyl (C=O) groups excluding carboxylic acids is 2. The van der Waals surface area contributed by atoms with Crippen LogP contribution in [0.2, 0.25) is 0 Å². The van der Waals surface area contributed by atoms with Gasteiger partial charge in [0.2, 0.25) is 11.8 Å². The van der Waals surface area contributed by atoms with E-state index >= 15 is 0 Å². The first-order chi connectivity index (χ1) is 10.4. The Labute approximate surface area is 127 Å². The highest BCUT2D eigenvalue weighted by Crippen LogP contribution is 2.19. The molecule has 22 heavy (non-hydrogen) atoms. The largest absolute Gasteiger partial charge is 0.334 e. The number of benzene rings is 1. The molecule has 1 aromatic carbocycles. The average Bonchev–Trinajstić information content (AvgIpc) is 2.47. The Balaban J connectivity index is 2.67. The summed E-state index contributed by atoms with van der Waals surface area (Å²) >= 11 is 0. The summed E-state index contributed by atoms with van der Waals surface area (Å²) in [6, 6.07) is 1.65. The van der Waals surface area contributed by atoms with E-state index in [0.717, 1.165) is 31.4 Å². The van der Waals surface area contributed by atoms with Crippen LogP contribution >= 0.6 is 0 Å². The van der Waals surface area contributed by atoms with Crippen LogP contribution in [0.4, 0.5) is 18.9 Å². The van der Waals surface area contributed by atoms with Gasteiger partial charge in [0, 0.05) is 13.5 Å². The number of unbranched alkanes of at least 4 members (excludes halogenated alkanes) is 2. The highest BCUT2D eigenvalue weighted by atomic mass is 19.2. The second-order valence-corrected chi connectivity index (χ2v) is 4.92. The van der Waals surface area contributed by atoms with E-state index in [9.17, 15) is 22.8 Å². The molecule has 1 aromatic rings. The van der Waals surface area contributed by atoms with Crippen LogP contribution in [0.15, 0.2) is 12.1 Å². The normalized spacial score (nSPS) is 10.4.